The molecule has 3 aromatic rings. The number of fused-ring (bicyclic) bond motifs is 1. The molecular formula is C21H25N3O4. The molecule has 2 aromatic heterocycles. The second-order valence-electron chi connectivity index (χ2n) is 6.40. The molecule has 7 nitrogen and oxygen atoms in total. The van der Waals surface area contributed by atoms with Crippen molar-refractivity contribution in [3.8, 4) is 0 Å². The van der Waals surface area contributed by atoms with E-state index in [0.717, 1.165) is 29.9 Å². The highest BCUT2D eigenvalue weighted by molar-refractivity contribution is 6.01. The number of ether oxygens (including phenoxy) is 2. The Morgan fingerprint density at radius 2 is 1.71 bits per heavy atom. The molecule has 2 heterocycles. The summed E-state index contributed by atoms with van der Waals surface area (Å²) < 4.78 is 12.2. The first kappa shape index (κ1) is 19.7. The van der Waals surface area contributed by atoms with Crippen LogP contribution in [0.15, 0.2) is 30.5 Å². The molecule has 0 radical (unpaired) electrons. The Morgan fingerprint density at radius 3 is 2.36 bits per heavy atom. The average molecular weight is 383 g/mol. The van der Waals surface area contributed by atoms with Crippen molar-refractivity contribution in [1.29, 1.82) is 0 Å². The fraction of sp³-hybridized carbons (Fsp3) is 0.381. The van der Waals surface area contributed by atoms with Gasteiger partial charge in [0.1, 0.15) is 22.6 Å². The standard InChI is InChI=1S/C21H25N3O4/c1-4-7-17-23-18-16(21(26)28-6-3)12-22-19(18)24(17)13-14-8-10-15(11-9-14)20(25)27-5-2/h8-12,22H,4-7,13H2,1-3H3. The minimum Gasteiger partial charge on any atom is -0.462 e. The number of esters is 2. The molecule has 148 valence electrons. The average Bonchev–Trinajstić information content (AvgIpc) is 3.23. The lowest BCUT2D eigenvalue weighted by Crippen LogP contribution is -2.07. The highest BCUT2D eigenvalue weighted by atomic mass is 16.5. The van der Waals surface area contributed by atoms with Crippen molar-refractivity contribution in [2.75, 3.05) is 13.2 Å². The lowest BCUT2D eigenvalue weighted by molar-refractivity contribution is 0.0517. The van der Waals surface area contributed by atoms with Gasteiger partial charge in [0.2, 0.25) is 0 Å². The molecule has 0 aliphatic carbocycles. The van der Waals surface area contributed by atoms with Crippen molar-refractivity contribution < 1.29 is 19.1 Å². The molecule has 1 aromatic carbocycles. The minimum atomic E-state index is -0.375. The number of nitrogens with one attached hydrogen (secondary N) is 1. The number of nitrogens with zero attached hydrogens (tertiary/aromatic N) is 2. The Hall–Kier alpha value is -3.09. The van der Waals surface area contributed by atoms with Gasteiger partial charge in [-0.2, -0.15) is 0 Å². The molecular weight excluding hydrogens is 358 g/mol. The second-order valence-corrected chi connectivity index (χ2v) is 6.40. The summed E-state index contributed by atoms with van der Waals surface area (Å²) in [5.41, 5.74) is 3.42. The van der Waals surface area contributed by atoms with Gasteiger partial charge in [-0.25, -0.2) is 14.6 Å². The summed E-state index contributed by atoms with van der Waals surface area (Å²) in [5.74, 6) is 0.207. The maximum absolute atomic E-state index is 12.2. The third kappa shape index (κ3) is 3.93. The number of H-pyrrole nitrogens is 1. The Bertz CT molecular complexity index is 970. The SMILES string of the molecule is CCCc1nc2c(C(=O)OCC)c[nH]c2n1Cc1ccc(C(=O)OCC)cc1. The number of aromatic amines is 1. The number of carbonyl (C=O) groups is 2. The van der Waals surface area contributed by atoms with Crippen LogP contribution < -0.4 is 0 Å². The van der Waals surface area contributed by atoms with Gasteiger partial charge in [0.25, 0.3) is 0 Å². The van der Waals surface area contributed by atoms with Crippen molar-refractivity contribution in [3.63, 3.8) is 0 Å². The normalized spacial score (nSPS) is 11.0. The first-order valence-electron chi connectivity index (χ1n) is 9.58. The minimum absolute atomic E-state index is 0.320. The molecule has 0 bridgehead atoms. The van der Waals surface area contributed by atoms with Crippen LogP contribution in [-0.2, 0) is 22.4 Å². The Balaban J connectivity index is 1.92. The third-order valence-electron chi connectivity index (χ3n) is 4.43. The summed E-state index contributed by atoms with van der Waals surface area (Å²) in [5, 5.41) is 0. The monoisotopic (exact) mass is 383 g/mol. The number of hydrogen-bond acceptors (Lipinski definition) is 5. The van der Waals surface area contributed by atoms with Gasteiger partial charge in [0.15, 0.2) is 0 Å². The fourth-order valence-electron chi connectivity index (χ4n) is 3.13. The number of aryl methyl sites for hydroxylation is 1. The van der Waals surface area contributed by atoms with Crippen LogP contribution in [0.4, 0.5) is 0 Å². The molecule has 7 heteroatoms. The largest absolute Gasteiger partial charge is 0.462 e. The van der Waals surface area contributed by atoms with E-state index in [1.54, 1.807) is 32.2 Å². The molecule has 0 amide bonds. The lowest BCUT2D eigenvalue weighted by atomic mass is 10.1. The fourth-order valence-corrected chi connectivity index (χ4v) is 3.13. The van der Waals surface area contributed by atoms with Gasteiger partial charge < -0.3 is 19.0 Å². The number of aromatic nitrogens is 3. The van der Waals surface area contributed by atoms with Gasteiger partial charge >= 0.3 is 11.9 Å². The molecule has 0 aliphatic rings. The van der Waals surface area contributed by atoms with E-state index < -0.39 is 0 Å². The van der Waals surface area contributed by atoms with Crippen LogP contribution in [-0.4, -0.2) is 39.7 Å². The summed E-state index contributed by atoms with van der Waals surface area (Å²) in [6, 6.07) is 7.34. The number of carbonyl (C=O) groups excluding carboxylic acids is 2. The van der Waals surface area contributed by atoms with Crippen molar-refractivity contribution in [2.45, 2.75) is 40.2 Å². The van der Waals surface area contributed by atoms with Crippen LogP contribution >= 0.6 is 0 Å². The summed E-state index contributed by atoms with van der Waals surface area (Å²) in [6.07, 6.45) is 3.38. The van der Waals surface area contributed by atoms with Crippen molar-refractivity contribution >= 4 is 23.1 Å². The van der Waals surface area contributed by atoms with Gasteiger partial charge in [-0.3, -0.25) is 0 Å². The van der Waals surface area contributed by atoms with Crippen LogP contribution in [0.1, 0.15) is 59.3 Å². The van der Waals surface area contributed by atoms with Gasteiger partial charge in [0, 0.05) is 12.6 Å². The zero-order chi connectivity index (χ0) is 20.1. The maximum Gasteiger partial charge on any atom is 0.341 e. The van der Waals surface area contributed by atoms with E-state index in [-0.39, 0.29) is 11.9 Å². The van der Waals surface area contributed by atoms with Gasteiger partial charge in [0.05, 0.1) is 25.3 Å². The molecule has 0 spiro atoms. The summed E-state index contributed by atoms with van der Waals surface area (Å²) in [7, 11) is 0. The van der Waals surface area contributed by atoms with Crippen LogP contribution in [0.25, 0.3) is 11.2 Å². The van der Waals surface area contributed by atoms with Gasteiger partial charge in [-0.05, 0) is 38.0 Å². The van der Waals surface area contributed by atoms with Crippen LogP contribution in [0.5, 0.6) is 0 Å². The second kappa shape index (κ2) is 8.73. The van der Waals surface area contributed by atoms with E-state index in [4.69, 9.17) is 9.47 Å². The highest BCUT2D eigenvalue weighted by Gasteiger charge is 2.20. The number of hydrogen-bond donors (Lipinski definition) is 1. The molecule has 0 atom stereocenters. The van der Waals surface area contributed by atoms with Gasteiger partial charge in [-0.1, -0.05) is 19.1 Å². The molecule has 0 aliphatic heterocycles. The Kier molecular flexibility index (Phi) is 6.13. The van der Waals surface area contributed by atoms with E-state index in [2.05, 4.69) is 21.5 Å². The molecule has 1 N–H and O–H groups in total. The maximum atomic E-state index is 12.2. The first-order chi connectivity index (χ1) is 13.6. The van der Waals surface area contributed by atoms with Crippen LogP contribution in [0.2, 0.25) is 0 Å². The van der Waals surface area contributed by atoms with Crippen LogP contribution in [0, 0.1) is 0 Å². The van der Waals surface area contributed by atoms with Crippen molar-refractivity contribution in [1.82, 2.24) is 14.5 Å². The predicted octanol–water partition coefficient (Wildman–Crippen LogP) is 3.72. The zero-order valence-corrected chi connectivity index (χ0v) is 16.4. The van der Waals surface area contributed by atoms with Crippen molar-refractivity contribution in [3.05, 3.63) is 53.0 Å². The molecule has 0 unspecified atom stereocenters. The lowest BCUT2D eigenvalue weighted by Gasteiger charge is -2.09. The topological polar surface area (TPSA) is 86.2 Å². The summed E-state index contributed by atoms with van der Waals surface area (Å²) in [6.45, 7) is 6.91. The number of imidazole rings is 1. The Morgan fingerprint density at radius 1 is 1.04 bits per heavy atom. The van der Waals surface area contributed by atoms with E-state index in [9.17, 15) is 9.59 Å². The molecule has 0 saturated carbocycles. The number of rotatable bonds is 8. The van der Waals surface area contributed by atoms with E-state index in [1.807, 2.05) is 12.1 Å². The first-order valence-corrected chi connectivity index (χ1v) is 9.58. The van der Waals surface area contributed by atoms with Gasteiger partial charge in [-0.15, -0.1) is 0 Å². The van der Waals surface area contributed by atoms with E-state index in [0.29, 0.717) is 36.4 Å². The summed E-state index contributed by atoms with van der Waals surface area (Å²) in [4.78, 5) is 31.9. The highest BCUT2D eigenvalue weighted by Crippen LogP contribution is 2.23. The molecule has 0 fully saturated rings. The van der Waals surface area contributed by atoms with Crippen LogP contribution in [0.3, 0.4) is 0 Å². The van der Waals surface area contributed by atoms with E-state index >= 15 is 0 Å². The molecule has 28 heavy (non-hydrogen) atoms. The smallest absolute Gasteiger partial charge is 0.341 e. The third-order valence-corrected chi connectivity index (χ3v) is 4.43. The zero-order valence-electron chi connectivity index (χ0n) is 16.4. The van der Waals surface area contributed by atoms with E-state index in [1.165, 1.54) is 0 Å². The van der Waals surface area contributed by atoms with Crippen molar-refractivity contribution in [2.24, 2.45) is 0 Å². The molecule has 3 rings (SSSR count). The molecule has 0 saturated heterocycles. The number of benzene rings is 1. The Labute approximate surface area is 163 Å². The predicted molar refractivity (Wildman–Crippen MR) is 106 cm³/mol. The summed E-state index contributed by atoms with van der Waals surface area (Å²) >= 11 is 0. The quantitative estimate of drug-likeness (QED) is 0.599.